The van der Waals surface area contributed by atoms with Crippen LogP contribution in [0, 0.1) is 11.3 Å². The summed E-state index contributed by atoms with van der Waals surface area (Å²) >= 11 is 0. The van der Waals surface area contributed by atoms with Gasteiger partial charge in [0, 0.05) is 12.1 Å². The molecule has 0 radical (unpaired) electrons. The van der Waals surface area contributed by atoms with E-state index in [1.54, 1.807) is 12.1 Å². The minimum atomic E-state index is -0.424. The lowest BCUT2D eigenvalue weighted by Gasteiger charge is -2.14. The van der Waals surface area contributed by atoms with Crippen LogP contribution in [-0.4, -0.2) is 33.8 Å². The second kappa shape index (κ2) is 10.6. The highest BCUT2D eigenvalue weighted by Crippen LogP contribution is 2.40. The molecule has 28 heavy (non-hydrogen) atoms. The lowest BCUT2D eigenvalue weighted by atomic mass is 10.1. The maximum atomic E-state index is 12.4. The highest BCUT2D eigenvalue weighted by molar-refractivity contribution is 6.02. The van der Waals surface area contributed by atoms with Gasteiger partial charge in [0.1, 0.15) is 11.6 Å². The molecule has 2 aromatic carbocycles. The molecule has 6 nitrogen and oxygen atoms in total. The van der Waals surface area contributed by atoms with Gasteiger partial charge in [-0.3, -0.25) is 4.79 Å². The van der Waals surface area contributed by atoms with Gasteiger partial charge < -0.3 is 19.5 Å². The number of ether oxygens (including phenoxy) is 3. The van der Waals surface area contributed by atoms with Crippen molar-refractivity contribution in [3.63, 3.8) is 0 Å². The number of carbonyl (C=O) groups is 1. The number of hydrogen-bond acceptors (Lipinski definition) is 5. The maximum absolute atomic E-state index is 12.4. The lowest BCUT2D eigenvalue weighted by molar-refractivity contribution is -0.117. The maximum Gasteiger partial charge on any atom is 0.261 e. The van der Waals surface area contributed by atoms with Crippen LogP contribution in [0.4, 0.5) is 0 Å². The summed E-state index contributed by atoms with van der Waals surface area (Å²) in [5, 5.41) is 12.2. The van der Waals surface area contributed by atoms with Crippen molar-refractivity contribution in [2.45, 2.75) is 12.8 Å². The Hall–Kier alpha value is -3.46. The van der Waals surface area contributed by atoms with Crippen molar-refractivity contribution < 1.29 is 19.0 Å². The zero-order valence-electron chi connectivity index (χ0n) is 16.3. The van der Waals surface area contributed by atoms with Crippen LogP contribution >= 0.6 is 0 Å². The van der Waals surface area contributed by atoms with Gasteiger partial charge in [-0.1, -0.05) is 30.3 Å². The molecule has 0 aliphatic rings. The monoisotopic (exact) mass is 380 g/mol. The third-order valence-electron chi connectivity index (χ3n) is 4.17. The van der Waals surface area contributed by atoms with Crippen molar-refractivity contribution in [1.82, 2.24) is 5.32 Å². The Morgan fingerprint density at radius 1 is 1.04 bits per heavy atom. The molecule has 0 unspecified atom stereocenters. The van der Waals surface area contributed by atoms with Gasteiger partial charge in [0.2, 0.25) is 5.75 Å². The fourth-order valence-corrected chi connectivity index (χ4v) is 2.78. The number of nitrogens with zero attached hydrogens (tertiary/aromatic N) is 1. The molecule has 0 aliphatic carbocycles. The zero-order chi connectivity index (χ0) is 20.4. The van der Waals surface area contributed by atoms with Crippen molar-refractivity contribution in [2.75, 3.05) is 27.9 Å². The number of hydrogen-bond donors (Lipinski definition) is 1. The van der Waals surface area contributed by atoms with Gasteiger partial charge in [-0.15, -0.1) is 0 Å². The van der Waals surface area contributed by atoms with E-state index < -0.39 is 5.91 Å². The molecule has 0 saturated heterocycles. The third-order valence-corrected chi connectivity index (χ3v) is 4.17. The Morgan fingerprint density at radius 2 is 1.75 bits per heavy atom. The molecule has 2 aromatic rings. The molecule has 0 aliphatic heterocycles. The lowest BCUT2D eigenvalue weighted by Crippen LogP contribution is -2.25. The van der Waals surface area contributed by atoms with Crippen molar-refractivity contribution >= 4 is 12.0 Å². The van der Waals surface area contributed by atoms with Crippen LogP contribution in [0.15, 0.2) is 48.0 Å². The summed E-state index contributed by atoms with van der Waals surface area (Å²) in [5.41, 5.74) is 1.75. The third kappa shape index (κ3) is 5.27. The minimum absolute atomic E-state index is 0.00905. The van der Waals surface area contributed by atoms with Crippen LogP contribution < -0.4 is 19.5 Å². The smallest absolute Gasteiger partial charge is 0.261 e. The highest BCUT2D eigenvalue weighted by Gasteiger charge is 2.17. The summed E-state index contributed by atoms with van der Waals surface area (Å²) in [6.45, 7) is 0.482. The molecular formula is C22H24N2O4. The predicted molar refractivity (Wildman–Crippen MR) is 107 cm³/mol. The molecule has 1 amide bonds. The van der Waals surface area contributed by atoms with E-state index in [1.165, 1.54) is 33.0 Å². The number of nitriles is 1. The molecular weight excluding hydrogens is 356 g/mol. The molecule has 0 bridgehead atoms. The molecule has 6 heteroatoms. The number of benzene rings is 2. The van der Waals surface area contributed by atoms with Crippen LogP contribution in [0.25, 0.3) is 6.08 Å². The summed E-state index contributed by atoms with van der Waals surface area (Å²) < 4.78 is 16.0. The van der Waals surface area contributed by atoms with Gasteiger partial charge in [0.05, 0.1) is 21.3 Å². The molecule has 0 fully saturated rings. The van der Waals surface area contributed by atoms with E-state index in [4.69, 9.17) is 14.2 Å². The fourth-order valence-electron chi connectivity index (χ4n) is 2.78. The number of methoxy groups -OCH3 is 3. The van der Waals surface area contributed by atoms with Gasteiger partial charge >= 0.3 is 0 Å². The molecule has 0 spiro atoms. The normalized spacial score (nSPS) is 10.7. The second-order valence-corrected chi connectivity index (χ2v) is 5.94. The van der Waals surface area contributed by atoms with Gasteiger partial charge in [0.15, 0.2) is 11.5 Å². The van der Waals surface area contributed by atoms with Gasteiger partial charge in [-0.2, -0.15) is 5.26 Å². The van der Waals surface area contributed by atoms with E-state index in [1.807, 2.05) is 36.4 Å². The highest BCUT2D eigenvalue weighted by atomic mass is 16.5. The first-order valence-electron chi connectivity index (χ1n) is 8.87. The topological polar surface area (TPSA) is 80.6 Å². The van der Waals surface area contributed by atoms with E-state index in [9.17, 15) is 10.1 Å². The van der Waals surface area contributed by atoms with Crippen LogP contribution in [-0.2, 0) is 11.2 Å². The van der Waals surface area contributed by atoms with Crippen LogP contribution in [0.5, 0.6) is 17.2 Å². The minimum Gasteiger partial charge on any atom is -0.493 e. The van der Waals surface area contributed by atoms with E-state index in [0.717, 1.165) is 12.8 Å². The SMILES string of the molecule is COc1ccc(/C=C(/C#N)C(=O)NCCCc2ccccc2)c(OC)c1OC. The molecule has 0 atom stereocenters. The molecule has 0 aromatic heterocycles. The van der Waals surface area contributed by atoms with Crippen molar-refractivity contribution in [1.29, 1.82) is 5.26 Å². The number of rotatable bonds is 9. The molecule has 146 valence electrons. The number of nitrogens with one attached hydrogen (secondary N) is 1. The first-order chi connectivity index (χ1) is 13.6. The second-order valence-electron chi connectivity index (χ2n) is 5.94. The Morgan fingerprint density at radius 3 is 2.36 bits per heavy atom. The summed E-state index contributed by atoms with van der Waals surface area (Å²) in [6.07, 6.45) is 3.12. The van der Waals surface area contributed by atoms with Crippen molar-refractivity contribution in [2.24, 2.45) is 0 Å². The number of carbonyl (C=O) groups excluding carboxylic acids is 1. The van der Waals surface area contributed by atoms with Crippen LogP contribution in [0.2, 0.25) is 0 Å². The standard InChI is InChI=1S/C22H24N2O4/c1-26-19-12-11-17(20(27-2)21(19)28-3)14-18(15-23)22(25)24-13-7-10-16-8-5-4-6-9-16/h4-6,8-9,11-12,14H,7,10,13H2,1-3H3,(H,24,25)/b18-14-. The summed E-state index contributed by atoms with van der Waals surface area (Å²) in [5.74, 6) is 0.874. The zero-order valence-corrected chi connectivity index (χ0v) is 16.3. The molecule has 0 heterocycles. The first-order valence-corrected chi connectivity index (χ1v) is 8.87. The Labute approximate surface area is 165 Å². The van der Waals surface area contributed by atoms with Crippen molar-refractivity contribution in [3.8, 4) is 23.3 Å². The quantitative estimate of drug-likeness (QED) is 0.410. The largest absolute Gasteiger partial charge is 0.493 e. The first kappa shape index (κ1) is 20.8. The van der Waals surface area contributed by atoms with E-state index in [-0.39, 0.29) is 5.57 Å². The van der Waals surface area contributed by atoms with E-state index in [0.29, 0.717) is 29.4 Å². The Bertz CT molecular complexity index is 870. The number of aryl methyl sites for hydroxylation is 1. The summed E-state index contributed by atoms with van der Waals surface area (Å²) in [7, 11) is 4.51. The summed E-state index contributed by atoms with van der Waals surface area (Å²) in [4.78, 5) is 12.4. The Balaban J connectivity index is 2.08. The predicted octanol–water partition coefficient (Wildman–Crippen LogP) is 3.37. The van der Waals surface area contributed by atoms with Crippen LogP contribution in [0.3, 0.4) is 0 Å². The van der Waals surface area contributed by atoms with Gasteiger partial charge in [-0.05, 0) is 36.6 Å². The molecule has 1 N–H and O–H groups in total. The van der Waals surface area contributed by atoms with Gasteiger partial charge in [0.25, 0.3) is 5.91 Å². The average Bonchev–Trinajstić information content (AvgIpc) is 2.74. The van der Waals surface area contributed by atoms with E-state index >= 15 is 0 Å². The Kier molecular flexibility index (Phi) is 7.92. The van der Waals surface area contributed by atoms with Crippen LogP contribution in [0.1, 0.15) is 17.5 Å². The fraction of sp³-hybridized carbons (Fsp3) is 0.273. The van der Waals surface area contributed by atoms with Gasteiger partial charge in [-0.25, -0.2) is 0 Å². The summed E-state index contributed by atoms with van der Waals surface area (Å²) in [6, 6.07) is 15.4. The van der Waals surface area contributed by atoms with E-state index in [2.05, 4.69) is 5.32 Å². The van der Waals surface area contributed by atoms with Crippen molar-refractivity contribution in [3.05, 3.63) is 59.2 Å². The number of amides is 1. The molecule has 0 saturated carbocycles. The average molecular weight is 380 g/mol. The molecule has 2 rings (SSSR count).